The summed E-state index contributed by atoms with van der Waals surface area (Å²) in [4.78, 5) is 32.2. The van der Waals surface area contributed by atoms with E-state index in [4.69, 9.17) is 4.74 Å². The molecule has 1 saturated heterocycles. The van der Waals surface area contributed by atoms with E-state index in [0.29, 0.717) is 31.6 Å². The first kappa shape index (κ1) is 22.2. The van der Waals surface area contributed by atoms with Gasteiger partial charge in [0, 0.05) is 37.9 Å². The maximum Gasteiger partial charge on any atom is 0.410 e. The van der Waals surface area contributed by atoms with Crippen LogP contribution in [0.4, 0.5) is 4.79 Å². The van der Waals surface area contributed by atoms with Crippen molar-refractivity contribution in [3.8, 4) is 11.1 Å². The zero-order chi connectivity index (χ0) is 24.0. The molecule has 0 bridgehead atoms. The summed E-state index contributed by atoms with van der Waals surface area (Å²) in [5, 5.41) is 2.34. The Morgan fingerprint density at radius 3 is 2.44 bits per heavy atom. The van der Waals surface area contributed by atoms with Crippen molar-refractivity contribution >= 4 is 28.0 Å². The summed E-state index contributed by atoms with van der Waals surface area (Å²) in [6, 6.07) is 16.6. The molecule has 2 aromatic carbocycles. The number of hydrogen-bond donors (Lipinski definition) is 0. The monoisotopic (exact) mass is 458 g/mol. The first-order valence-corrected chi connectivity index (χ1v) is 11.8. The number of benzene rings is 2. The van der Waals surface area contributed by atoms with E-state index in [-0.39, 0.29) is 17.8 Å². The number of carbonyl (C=O) groups is 1. The molecule has 0 atom stereocenters. The molecule has 7 nitrogen and oxygen atoms in total. The van der Waals surface area contributed by atoms with Gasteiger partial charge in [0.05, 0.1) is 5.52 Å². The highest BCUT2D eigenvalue weighted by atomic mass is 16.6. The molecule has 34 heavy (non-hydrogen) atoms. The molecule has 2 aromatic heterocycles. The summed E-state index contributed by atoms with van der Waals surface area (Å²) >= 11 is 0. The molecular formula is C27H30N4O3. The number of imidazole rings is 1. The van der Waals surface area contributed by atoms with Crippen LogP contribution in [0.25, 0.3) is 33.1 Å². The molecule has 1 aliphatic rings. The number of carbonyl (C=O) groups excluding carboxylic acids is 1. The van der Waals surface area contributed by atoms with Crippen molar-refractivity contribution in [2.24, 2.45) is 7.05 Å². The molecule has 0 spiro atoms. The fraction of sp³-hybridized carbons (Fsp3) is 0.370. The number of pyridine rings is 1. The van der Waals surface area contributed by atoms with Gasteiger partial charge in [0.25, 0.3) is 0 Å². The molecule has 0 saturated carbocycles. The van der Waals surface area contributed by atoms with E-state index in [1.54, 1.807) is 15.7 Å². The first-order chi connectivity index (χ1) is 16.2. The highest BCUT2D eigenvalue weighted by Gasteiger charge is 2.30. The predicted octanol–water partition coefficient (Wildman–Crippen LogP) is 5.13. The lowest BCUT2D eigenvalue weighted by Crippen LogP contribution is -2.43. The van der Waals surface area contributed by atoms with Gasteiger partial charge in [0.2, 0.25) is 0 Å². The summed E-state index contributed by atoms with van der Waals surface area (Å²) in [6.45, 7) is 6.70. The maximum absolute atomic E-state index is 13.4. The topological polar surface area (TPSA) is 69.4 Å². The van der Waals surface area contributed by atoms with E-state index in [1.165, 1.54) is 5.39 Å². The molecule has 176 valence electrons. The van der Waals surface area contributed by atoms with Gasteiger partial charge < -0.3 is 9.64 Å². The minimum atomic E-state index is -0.524. The van der Waals surface area contributed by atoms with Crippen LogP contribution < -0.4 is 5.69 Å². The van der Waals surface area contributed by atoms with Crippen LogP contribution in [-0.2, 0) is 11.8 Å². The number of amides is 1. The van der Waals surface area contributed by atoms with E-state index >= 15 is 0 Å². The highest BCUT2D eigenvalue weighted by molar-refractivity contribution is 5.94. The van der Waals surface area contributed by atoms with Crippen molar-refractivity contribution in [3.63, 3.8) is 0 Å². The third kappa shape index (κ3) is 3.95. The summed E-state index contributed by atoms with van der Waals surface area (Å²) in [7, 11) is 1.81. The molecule has 0 unspecified atom stereocenters. The van der Waals surface area contributed by atoms with Crippen LogP contribution in [-0.4, -0.2) is 43.8 Å². The minimum absolute atomic E-state index is 0.0192. The number of piperidine rings is 1. The van der Waals surface area contributed by atoms with Crippen LogP contribution in [0.5, 0.6) is 0 Å². The van der Waals surface area contributed by atoms with Gasteiger partial charge in [-0.05, 0) is 62.1 Å². The number of rotatable bonds is 2. The van der Waals surface area contributed by atoms with E-state index in [9.17, 15) is 9.59 Å². The standard InChI is InChI=1S/C27H30N4O3/c1-27(2,3)34-26(33)30-15-12-21(13-16-30)31-24-23(29(4)25(31)32)22(11-14-28-24)20-10-9-18-7-5-6-8-19(18)17-20/h5-11,14,17,21H,12-13,15-16H2,1-4H3. The molecule has 1 amide bonds. The van der Waals surface area contributed by atoms with Crippen LogP contribution in [0.2, 0.25) is 0 Å². The zero-order valence-electron chi connectivity index (χ0n) is 20.1. The van der Waals surface area contributed by atoms with E-state index in [0.717, 1.165) is 22.0 Å². The van der Waals surface area contributed by atoms with Gasteiger partial charge in [-0.3, -0.25) is 9.13 Å². The molecule has 4 aromatic rings. The summed E-state index contributed by atoms with van der Waals surface area (Å²) in [5.74, 6) is 0. The third-order valence-electron chi connectivity index (χ3n) is 6.50. The van der Waals surface area contributed by atoms with E-state index in [1.807, 2.05) is 50.6 Å². The summed E-state index contributed by atoms with van der Waals surface area (Å²) in [6.07, 6.45) is 2.84. The normalized spacial score (nSPS) is 15.2. The molecule has 5 rings (SSSR count). The Morgan fingerprint density at radius 1 is 1.03 bits per heavy atom. The minimum Gasteiger partial charge on any atom is -0.444 e. The van der Waals surface area contributed by atoms with Crippen LogP contribution in [0.1, 0.15) is 39.7 Å². The number of fused-ring (bicyclic) bond motifs is 2. The number of hydrogen-bond acceptors (Lipinski definition) is 4. The van der Waals surface area contributed by atoms with Gasteiger partial charge >= 0.3 is 11.8 Å². The van der Waals surface area contributed by atoms with Gasteiger partial charge in [0.1, 0.15) is 5.60 Å². The Bertz CT molecular complexity index is 1440. The van der Waals surface area contributed by atoms with Crippen molar-refractivity contribution in [1.29, 1.82) is 0 Å². The molecule has 0 aliphatic carbocycles. The molecular weight excluding hydrogens is 428 g/mol. The number of aromatic nitrogens is 3. The van der Waals surface area contributed by atoms with Crippen LogP contribution >= 0.6 is 0 Å². The average Bonchev–Trinajstić information content (AvgIpc) is 3.08. The van der Waals surface area contributed by atoms with Gasteiger partial charge in [-0.1, -0.05) is 36.4 Å². The predicted molar refractivity (Wildman–Crippen MR) is 134 cm³/mol. The number of aryl methyl sites for hydroxylation is 1. The second kappa shape index (κ2) is 8.31. The van der Waals surface area contributed by atoms with Gasteiger partial charge in [0.15, 0.2) is 5.65 Å². The third-order valence-corrected chi connectivity index (χ3v) is 6.50. The van der Waals surface area contributed by atoms with E-state index < -0.39 is 5.60 Å². The Hall–Kier alpha value is -3.61. The quantitative estimate of drug-likeness (QED) is 0.418. The van der Waals surface area contributed by atoms with Gasteiger partial charge in [-0.2, -0.15) is 0 Å². The summed E-state index contributed by atoms with van der Waals surface area (Å²) < 4.78 is 9.03. The summed E-state index contributed by atoms with van der Waals surface area (Å²) in [5.41, 5.74) is 2.96. The number of ether oxygens (including phenoxy) is 1. The lowest BCUT2D eigenvalue weighted by molar-refractivity contribution is 0.0188. The Morgan fingerprint density at radius 2 is 1.74 bits per heavy atom. The number of nitrogens with zero attached hydrogens (tertiary/aromatic N) is 4. The highest BCUT2D eigenvalue weighted by Crippen LogP contribution is 2.32. The smallest absolute Gasteiger partial charge is 0.410 e. The van der Waals surface area contributed by atoms with Crippen molar-refractivity contribution in [1.82, 2.24) is 19.0 Å². The Kier molecular flexibility index (Phi) is 5.42. The molecule has 3 heterocycles. The molecule has 0 radical (unpaired) electrons. The lowest BCUT2D eigenvalue weighted by Gasteiger charge is -2.33. The molecule has 7 heteroatoms. The molecule has 0 N–H and O–H groups in total. The largest absolute Gasteiger partial charge is 0.444 e. The fourth-order valence-electron chi connectivity index (χ4n) is 4.85. The molecule has 1 fully saturated rings. The van der Waals surface area contributed by atoms with Crippen LogP contribution in [0, 0.1) is 0 Å². The van der Waals surface area contributed by atoms with Crippen molar-refractivity contribution in [2.45, 2.75) is 45.3 Å². The van der Waals surface area contributed by atoms with Gasteiger partial charge in [-0.15, -0.1) is 0 Å². The van der Waals surface area contributed by atoms with Crippen molar-refractivity contribution in [2.75, 3.05) is 13.1 Å². The second-order valence-corrected chi connectivity index (χ2v) is 10.0. The molecule has 1 aliphatic heterocycles. The number of likely N-dealkylation sites (tertiary alicyclic amines) is 1. The fourth-order valence-corrected chi connectivity index (χ4v) is 4.85. The van der Waals surface area contributed by atoms with Crippen LogP contribution in [0.15, 0.2) is 59.5 Å². The Balaban J connectivity index is 1.49. The zero-order valence-corrected chi connectivity index (χ0v) is 20.1. The first-order valence-electron chi connectivity index (χ1n) is 11.8. The van der Waals surface area contributed by atoms with Crippen molar-refractivity contribution in [3.05, 3.63) is 65.2 Å². The second-order valence-electron chi connectivity index (χ2n) is 10.0. The Labute approximate surface area is 198 Å². The van der Waals surface area contributed by atoms with Crippen molar-refractivity contribution < 1.29 is 9.53 Å². The SMILES string of the molecule is Cn1c(=O)n(C2CCN(C(=O)OC(C)(C)C)CC2)c2nccc(-c3ccc4ccccc4c3)c21. The van der Waals surface area contributed by atoms with Gasteiger partial charge in [-0.25, -0.2) is 14.6 Å². The van der Waals surface area contributed by atoms with Crippen LogP contribution in [0.3, 0.4) is 0 Å². The maximum atomic E-state index is 13.4. The lowest BCUT2D eigenvalue weighted by atomic mass is 10.0. The van der Waals surface area contributed by atoms with E-state index in [2.05, 4.69) is 35.3 Å². The average molecular weight is 459 g/mol.